The van der Waals surface area contributed by atoms with Crippen molar-refractivity contribution in [3.05, 3.63) is 40.9 Å². The summed E-state index contributed by atoms with van der Waals surface area (Å²) in [5, 5.41) is 5.47. The van der Waals surface area contributed by atoms with Crippen molar-refractivity contribution in [2.75, 3.05) is 11.9 Å². The molecule has 0 bridgehead atoms. The van der Waals surface area contributed by atoms with Crippen LogP contribution < -0.4 is 10.1 Å². The van der Waals surface area contributed by atoms with E-state index in [1.54, 1.807) is 0 Å². The Hall–Kier alpha value is -1.88. The van der Waals surface area contributed by atoms with E-state index < -0.39 is 0 Å². The van der Waals surface area contributed by atoms with Crippen LogP contribution in [0.5, 0.6) is 5.75 Å². The highest BCUT2D eigenvalue weighted by atomic mass is 32.1. The number of fused-ring (bicyclic) bond motifs is 1. The van der Waals surface area contributed by atoms with Crippen LogP contribution in [-0.4, -0.2) is 17.5 Å². The average molecular weight is 288 g/mol. The van der Waals surface area contributed by atoms with E-state index >= 15 is 0 Å². The SMILES string of the molecule is Cc1csc(NC(=O)CC2CCOc3ccccc32)n1. The molecule has 1 unspecified atom stereocenters. The minimum atomic E-state index is 0.0149. The molecule has 20 heavy (non-hydrogen) atoms. The standard InChI is InChI=1S/C15H16N2O2S/c1-10-9-20-15(16-10)17-14(18)8-11-6-7-19-13-5-3-2-4-12(11)13/h2-5,9,11H,6-8H2,1H3,(H,16,17,18). The van der Waals surface area contributed by atoms with E-state index in [2.05, 4.69) is 10.3 Å². The van der Waals surface area contributed by atoms with Crippen LogP contribution >= 0.6 is 11.3 Å². The fraction of sp³-hybridized carbons (Fsp3) is 0.333. The molecular weight excluding hydrogens is 272 g/mol. The lowest BCUT2D eigenvalue weighted by Crippen LogP contribution is -2.20. The molecule has 1 aromatic heterocycles. The molecule has 0 saturated carbocycles. The Bertz CT molecular complexity index is 624. The van der Waals surface area contributed by atoms with Crippen molar-refractivity contribution in [2.24, 2.45) is 0 Å². The molecule has 4 nitrogen and oxygen atoms in total. The summed E-state index contributed by atoms with van der Waals surface area (Å²) in [4.78, 5) is 16.4. The minimum absolute atomic E-state index is 0.0149. The summed E-state index contributed by atoms with van der Waals surface area (Å²) in [7, 11) is 0. The number of nitrogens with one attached hydrogen (secondary N) is 1. The smallest absolute Gasteiger partial charge is 0.226 e. The summed E-state index contributed by atoms with van der Waals surface area (Å²) in [6.45, 7) is 2.59. The number of benzene rings is 1. The van der Waals surface area contributed by atoms with Crippen molar-refractivity contribution >= 4 is 22.4 Å². The van der Waals surface area contributed by atoms with Gasteiger partial charge in [0.15, 0.2) is 5.13 Å². The minimum Gasteiger partial charge on any atom is -0.493 e. The van der Waals surface area contributed by atoms with Gasteiger partial charge in [0.05, 0.1) is 12.3 Å². The molecule has 1 amide bonds. The Kier molecular flexibility index (Phi) is 3.69. The number of ether oxygens (including phenoxy) is 1. The van der Waals surface area contributed by atoms with Crippen LogP contribution in [0.1, 0.15) is 30.0 Å². The van der Waals surface area contributed by atoms with Crippen LogP contribution in [0.2, 0.25) is 0 Å². The average Bonchev–Trinajstić information content (AvgIpc) is 2.84. The maximum absolute atomic E-state index is 12.1. The highest BCUT2D eigenvalue weighted by molar-refractivity contribution is 7.13. The molecule has 5 heteroatoms. The third kappa shape index (κ3) is 2.82. The summed E-state index contributed by atoms with van der Waals surface area (Å²) in [5.41, 5.74) is 2.06. The van der Waals surface area contributed by atoms with Crippen molar-refractivity contribution in [1.29, 1.82) is 0 Å². The van der Waals surface area contributed by atoms with Gasteiger partial charge in [0.1, 0.15) is 5.75 Å². The highest BCUT2D eigenvalue weighted by Gasteiger charge is 2.23. The molecule has 1 atom stereocenters. The second kappa shape index (κ2) is 5.63. The number of rotatable bonds is 3. The predicted molar refractivity (Wildman–Crippen MR) is 79.4 cm³/mol. The zero-order valence-corrected chi connectivity index (χ0v) is 12.1. The van der Waals surface area contributed by atoms with Crippen molar-refractivity contribution in [1.82, 2.24) is 4.98 Å². The third-order valence-electron chi connectivity index (χ3n) is 3.38. The fourth-order valence-electron chi connectivity index (χ4n) is 2.43. The molecule has 2 heterocycles. The second-order valence-electron chi connectivity index (χ2n) is 4.92. The topological polar surface area (TPSA) is 51.2 Å². The number of nitrogens with zero attached hydrogens (tertiary/aromatic N) is 1. The van der Waals surface area contributed by atoms with Gasteiger partial charge >= 0.3 is 0 Å². The molecule has 3 rings (SSSR count). The number of carbonyl (C=O) groups excluding carboxylic acids is 1. The van der Waals surface area contributed by atoms with Gasteiger partial charge < -0.3 is 10.1 Å². The zero-order valence-electron chi connectivity index (χ0n) is 11.3. The molecule has 1 N–H and O–H groups in total. The van der Waals surface area contributed by atoms with E-state index in [4.69, 9.17) is 4.74 Å². The van der Waals surface area contributed by atoms with E-state index in [1.807, 2.05) is 36.6 Å². The maximum atomic E-state index is 12.1. The van der Waals surface area contributed by atoms with Crippen molar-refractivity contribution < 1.29 is 9.53 Å². The first kappa shape index (κ1) is 13.1. The molecule has 0 spiro atoms. The van der Waals surface area contributed by atoms with Crippen LogP contribution in [0, 0.1) is 6.92 Å². The molecule has 104 valence electrons. The quantitative estimate of drug-likeness (QED) is 0.942. The Balaban J connectivity index is 1.68. The van der Waals surface area contributed by atoms with Gasteiger partial charge in [0.25, 0.3) is 0 Å². The number of thiazole rings is 1. The van der Waals surface area contributed by atoms with E-state index in [9.17, 15) is 4.79 Å². The number of carbonyl (C=O) groups is 1. The first-order chi connectivity index (χ1) is 9.72. The molecule has 0 aliphatic carbocycles. The molecule has 1 aliphatic heterocycles. The number of hydrogen-bond donors (Lipinski definition) is 1. The van der Waals surface area contributed by atoms with E-state index in [-0.39, 0.29) is 11.8 Å². The summed E-state index contributed by atoms with van der Waals surface area (Å²) in [6, 6.07) is 7.95. The largest absolute Gasteiger partial charge is 0.493 e. The predicted octanol–water partition coefficient (Wildman–Crippen LogP) is 3.35. The number of aryl methyl sites for hydroxylation is 1. The number of amides is 1. The molecule has 2 aromatic rings. The zero-order chi connectivity index (χ0) is 13.9. The number of aromatic nitrogens is 1. The lowest BCUT2D eigenvalue weighted by Gasteiger charge is -2.25. The molecule has 1 aliphatic rings. The summed E-state index contributed by atoms with van der Waals surface area (Å²) in [5.74, 6) is 1.14. The van der Waals surface area contributed by atoms with Gasteiger partial charge in [-0.15, -0.1) is 11.3 Å². The van der Waals surface area contributed by atoms with Gasteiger partial charge in [0.2, 0.25) is 5.91 Å². The van der Waals surface area contributed by atoms with E-state index in [0.717, 1.165) is 23.4 Å². The van der Waals surface area contributed by atoms with Gasteiger partial charge in [-0.05, 0) is 30.9 Å². The van der Waals surface area contributed by atoms with Crippen LogP contribution in [0.3, 0.4) is 0 Å². The van der Waals surface area contributed by atoms with Crippen LogP contribution in [0.15, 0.2) is 29.6 Å². The Morgan fingerprint density at radius 3 is 3.15 bits per heavy atom. The second-order valence-corrected chi connectivity index (χ2v) is 5.78. The molecule has 0 fully saturated rings. The molecular formula is C15H16N2O2S. The Morgan fingerprint density at radius 1 is 1.50 bits per heavy atom. The van der Waals surface area contributed by atoms with Gasteiger partial charge in [-0.25, -0.2) is 4.98 Å². The van der Waals surface area contributed by atoms with Crippen LogP contribution in [0.25, 0.3) is 0 Å². The lowest BCUT2D eigenvalue weighted by molar-refractivity contribution is -0.116. The fourth-order valence-corrected chi connectivity index (χ4v) is 3.14. The first-order valence-electron chi connectivity index (χ1n) is 6.66. The van der Waals surface area contributed by atoms with Crippen molar-refractivity contribution in [3.63, 3.8) is 0 Å². The number of para-hydroxylation sites is 1. The molecule has 0 radical (unpaired) electrons. The Labute approximate surface area is 121 Å². The van der Waals surface area contributed by atoms with Gasteiger partial charge in [0, 0.05) is 11.8 Å². The third-order valence-corrected chi connectivity index (χ3v) is 4.26. The van der Waals surface area contributed by atoms with Crippen LogP contribution in [0.4, 0.5) is 5.13 Å². The van der Waals surface area contributed by atoms with Gasteiger partial charge in [-0.2, -0.15) is 0 Å². The molecule has 0 saturated heterocycles. The monoisotopic (exact) mass is 288 g/mol. The van der Waals surface area contributed by atoms with Gasteiger partial charge in [-0.3, -0.25) is 4.79 Å². The number of hydrogen-bond acceptors (Lipinski definition) is 4. The van der Waals surface area contributed by atoms with E-state index in [0.29, 0.717) is 18.2 Å². The lowest BCUT2D eigenvalue weighted by atomic mass is 9.90. The van der Waals surface area contributed by atoms with E-state index in [1.165, 1.54) is 11.3 Å². The summed E-state index contributed by atoms with van der Waals surface area (Å²) >= 11 is 1.46. The first-order valence-corrected chi connectivity index (χ1v) is 7.54. The van der Waals surface area contributed by atoms with Crippen LogP contribution in [-0.2, 0) is 4.79 Å². The summed E-state index contributed by atoms with van der Waals surface area (Å²) < 4.78 is 5.61. The van der Waals surface area contributed by atoms with Gasteiger partial charge in [-0.1, -0.05) is 18.2 Å². The highest BCUT2D eigenvalue weighted by Crippen LogP contribution is 2.35. The molecule has 1 aromatic carbocycles. The normalized spacial score (nSPS) is 17.1. The summed E-state index contributed by atoms with van der Waals surface area (Å²) in [6.07, 6.45) is 1.35. The van der Waals surface area contributed by atoms with Crippen molar-refractivity contribution in [3.8, 4) is 5.75 Å². The maximum Gasteiger partial charge on any atom is 0.226 e. The number of anilines is 1. The van der Waals surface area contributed by atoms with Crippen molar-refractivity contribution in [2.45, 2.75) is 25.7 Å². The Morgan fingerprint density at radius 2 is 2.35 bits per heavy atom.